The number of rotatable bonds is 4. The Labute approximate surface area is 148 Å². The number of aromatic hydroxyl groups is 1. The number of fused-ring (bicyclic) bond motifs is 1. The minimum absolute atomic E-state index is 0.187. The van der Waals surface area contributed by atoms with E-state index in [9.17, 15) is 5.11 Å². The van der Waals surface area contributed by atoms with E-state index in [-0.39, 0.29) is 5.88 Å². The van der Waals surface area contributed by atoms with Crippen LogP contribution in [0, 0.1) is 6.92 Å². The maximum atomic E-state index is 10.5. The molecule has 0 bridgehead atoms. The fourth-order valence-corrected chi connectivity index (χ4v) is 3.20. The van der Waals surface area contributed by atoms with Gasteiger partial charge in [-0.25, -0.2) is 0 Å². The second-order valence-corrected chi connectivity index (χ2v) is 6.40. The highest BCUT2D eigenvalue weighted by Gasteiger charge is 2.20. The maximum Gasteiger partial charge on any atom is 0.366 e. The van der Waals surface area contributed by atoms with Gasteiger partial charge in [-0.1, -0.05) is 0 Å². The maximum absolute atomic E-state index is 10.5. The molecule has 2 aromatic heterocycles. The van der Waals surface area contributed by atoms with Crippen LogP contribution in [0.1, 0.15) is 11.3 Å². The van der Waals surface area contributed by atoms with Gasteiger partial charge in [0.05, 0.1) is 25.7 Å². The van der Waals surface area contributed by atoms with Gasteiger partial charge in [0.2, 0.25) is 0 Å². The number of aromatic nitrogens is 2. The second-order valence-electron chi connectivity index (χ2n) is 5.48. The standard InChI is InChI=1S/C18H17BrN2O3/c1-11-15-7-17(24-3)16(23-2)5-13(15)6-18(22)21(11)10-12-4-14(19)9-20-8-12/h4-9H,10H2,1-3H3/p+1. The molecule has 0 saturated heterocycles. The van der Waals surface area contributed by atoms with Gasteiger partial charge in [0.1, 0.15) is 0 Å². The molecular weight excluding hydrogens is 372 g/mol. The van der Waals surface area contributed by atoms with Crippen LogP contribution >= 0.6 is 15.9 Å². The van der Waals surface area contributed by atoms with Crippen LogP contribution in [-0.2, 0) is 6.54 Å². The van der Waals surface area contributed by atoms with Crippen molar-refractivity contribution in [1.29, 1.82) is 0 Å². The molecule has 2 heterocycles. The van der Waals surface area contributed by atoms with E-state index in [0.29, 0.717) is 18.0 Å². The fraction of sp³-hybridized carbons (Fsp3) is 0.222. The van der Waals surface area contributed by atoms with Crippen molar-refractivity contribution in [3.8, 4) is 17.4 Å². The molecule has 0 aliphatic carbocycles. The summed E-state index contributed by atoms with van der Waals surface area (Å²) in [7, 11) is 3.21. The van der Waals surface area contributed by atoms with Gasteiger partial charge in [-0.2, -0.15) is 4.57 Å². The Bertz CT molecular complexity index is 912. The third kappa shape index (κ3) is 3.01. The van der Waals surface area contributed by atoms with E-state index in [1.165, 1.54) is 0 Å². The zero-order valence-electron chi connectivity index (χ0n) is 13.7. The molecule has 6 heteroatoms. The summed E-state index contributed by atoms with van der Waals surface area (Å²) in [6.45, 7) is 2.49. The van der Waals surface area contributed by atoms with E-state index in [1.807, 2.05) is 29.7 Å². The molecule has 24 heavy (non-hydrogen) atoms. The van der Waals surface area contributed by atoms with Crippen molar-refractivity contribution in [2.75, 3.05) is 14.2 Å². The molecule has 5 nitrogen and oxygen atoms in total. The van der Waals surface area contributed by atoms with Crippen molar-refractivity contribution < 1.29 is 19.1 Å². The van der Waals surface area contributed by atoms with E-state index in [2.05, 4.69) is 20.9 Å². The number of hydrogen-bond acceptors (Lipinski definition) is 4. The monoisotopic (exact) mass is 389 g/mol. The van der Waals surface area contributed by atoms with E-state index < -0.39 is 0 Å². The van der Waals surface area contributed by atoms with Crippen LogP contribution in [0.2, 0.25) is 0 Å². The van der Waals surface area contributed by atoms with Crippen LogP contribution in [0.3, 0.4) is 0 Å². The van der Waals surface area contributed by atoms with Gasteiger partial charge in [-0.3, -0.25) is 4.98 Å². The molecule has 3 aromatic rings. The molecule has 1 N–H and O–H groups in total. The van der Waals surface area contributed by atoms with Crippen LogP contribution in [-0.4, -0.2) is 24.3 Å². The van der Waals surface area contributed by atoms with E-state index in [4.69, 9.17) is 9.47 Å². The predicted octanol–water partition coefficient (Wildman–Crippen LogP) is 3.36. The lowest BCUT2D eigenvalue weighted by molar-refractivity contribution is -0.698. The predicted molar refractivity (Wildman–Crippen MR) is 94.7 cm³/mol. The Morgan fingerprint density at radius 3 is 2.46 bits per heavy atom. The van der Waals surface area contributed by atoms with Crippen LogP contribution in [0.4, 0.5) is 0 Å². The molecule has 1 aromatic carbocycles. The van der Waals surface area contributed by atoms with Gasteiger partial charge in [0.25, 0.3) is 0 Å². The lowest BCUT2D eigenvalue weighted by atomic mass is 10.1. The lowest BCUT2D eigenvalue weighted by Gasteiger charge is -2.11. The first kappa shape index (κ1) is 16.5. The number of halogens is 1. The van der Waals surface area contributed by atoms with Crippen LogP contribution in [0.5, 0.6) is 17.4 Å². The fourth-order valence-electron chi connectivity index (χ4n) is 2.79. The minimum atomic E-state index is 0.187. The number of nitrogens with zero attached hydrogens (tertiary/aromatic N) is 2. The van der Waals surface area contributed by atoms with Gasteiger partial charge in [-0.05, 0) is 34.1 Å². The van der Waals surface area contributed by atoms with Gasteiger partial charge in [-0.15, -0.1) is 0 Å². The molecule has 0 aliphatic heterocycles. The highest BCUT2D eigenvalue weighted by atomic mass is 79.9. The van der Waals surface area contributed by atoms with Crippen molar-refractivity contribution >= 4 is 26.7 Å². The Morgan fingerprint density at radius 1 is 1.08 bits per heavy atom. The third-order valence-corrected chi connectivity index (χ3v) is 4.45. The van der Waals surface area contributed by atoms with Crippen molar-refractivity contribution in [2.24, 2.45) is 0 Å². The van der Waals surface area contributed by atoms with Crippen LogP contribution in [0.25, 0.3) is 10.8 Å². The Kier molecular flexibility index (Phi) is 4.57. The number of ether oxygens (including phenoxy) is 2. The summed E-state index contributed by atoms with van der Waals surface area (Å²) in [6, 6.07) is 7.51. The van der Waals surface area contributed by atoms with Crippen molar-refractivity contribution in [3.05, 3.63) is 52.4 Å². The van der Waals surface area contributed by atoms with Gasteiger partial charge < -0.3 is 14.6 Å². The summed E-state index contributed by atoms with van der Waals surface area (Å²) in [6.07, 6.45) is 3.52. The molecule has 3 rings (SSSR count). The first-order valence-electron chi connectivity index (χ1n) is 7.41. The van der Waals surface area contributed by atoms with E-state index in [1.54, 1.807) is 32.7 Å². The lowest BCUT2D eigenvalue weighted by Crippen LogP contribution is -2.38. The molecule has 0 amide bonds. The molecule has 0 spiro atoms. The summed E-state index contributed by atoms with van der Waals surface area (Å²) < 4.78 is 13.5. The van der Waals surface area contributed by atoms with Crippen LogP contribution < -0.4 is 14.0 Å². The largest absolute Gasteiger partial charge is 0.493 e. The number of hydrogen-bond donors (Lipinski definition) is 1. The normalized spacial score (nSPS) is 10.8. The highest BCUT2D eigenvalue weighted by Crippen LogP contribution is 2.33. The molecule has 0 fully saturated rings. The number of aryl methyl sites for hydroxylation is 1. The zero-order valence-corrected chi connectivity index (χ0v) is 15.3. The number of methoxy groups -OCH3 is 2. The Morgan fingerprint density at radius 2 is 1.79 bits per heavy atom. The number of pyridine rings is 2. The minimum Gasteiger partial charge on any atom is -0.493 e. The van der Waals surface area contributed by atoms with Crippen molar-refractivity contribution in [1.82, 2.24) is 4.98 Å². The Balaban J connectivity index is 2.15. The van der Waals surface area contributed by atoms with Crippen molar-refractivity contribution in [3.63, 3.8) is 0 Å². The molecule has 0 unspecified atom stereocenters. The molecule has 124 valence electrons. The molecule has 0 atom stereocenters. The Hall–Kier alpha value is -2.34. The topological polar surface area (TPSA) is 55.5 Å². The highest BCUT2D eigenvalue weighted by molar-refractivity contribution is 9.10. The van der Waals surface area contributed by atoms with E-state index >= 15 is 0 Å². The quantitative estimate of drug-likeness (QED) is 0.695. The first-order chi connectivity index (χ1) is 11.5. The van der Waals surface area contributed by atoms with Crippen molar-refractivity contribution in [2.45, 2.75) is 13.5 Å². The first-order valence-corrected chi connectivity index (χ1v) is 8.20. The van der Waals surface area contributed by atoms with Gasteiger partial charge >= 0.3 is 5.88 Å². The summed E-state index contributed by atoms with van der Waals surface area (Å²) in [5.74, 6) is 1.49. The summed E-state index contributed by atoms with van der Waals surface area (Å²) in [5.41, 5.74) is 1.93. The zero-order chi connectivity index (χ0) is 17.3. The SMILES string of the molecule is COc1cc2cc(O)[n+](Cc3cncc(Br)c3)c(C)c2cc1OC. The van der Waals surface area contributed by atoms with Gasteiger partial charge in [0.15, 0.2) is 23.7 Å². The molecule has 0 radical (unpaired) electrons. The summed E-state index contributed by atoms with van der Waals surface area (Å²) in [5, 5.41) is 12.4. The summed E-state index contributed by atoms with van der Waals surface area (Å²) >= 11 is 3.42. The molecular formula is C18H18BrN2O3+. The second kappa shape index (κ2) is 6.65. The average molecular weight is 390 g/mol. The van der Waals surface area contributed by atoms with Gasteiger partial charge in [0, 0.05) is 34.7 Å². The van der Waals surface area contributed by atoms with Crippen LogP contribution in [0.15, 0.2) is 41.1 Å². The van der Waals surface area contributed by atoms with E-state index in [0.717, 1.165) is 26.5 Å². The smallest absolute Gasteiger partial charge is 0.366 e. The summed E-state index contributed by atoms with van der Waals surface area (Å²) in [4.78, 5) is 4.17. The molecule has 0 aliphatic rings. The number of benzene rings is 1. The molecule has 0 saturated carbocycles. The third-order valence-electron chi connectivity index (χ3n) is 4.01. The average Bonchev–Trinajstić information content (AvgIpc) is 2.57.